The number of thioether (sulfide) groups is 1. The number of rotatable bonds is 6. The van der Waals surface area contributed by atoms with Gasteiger partial charge in [0.2, 0.25) is 6.79 Å². The van der Waals surface area contributed by atoms with Crippen molar-refractivity contribution in [3.8, 4) is 11.5 Å². The minimum atomic E-state index is -0.921. The largest absolute Gasteiger partial charge is 0.477 e. The topological polar surface area (TPSA) is 62.2 Å². The summed E-state index contributed by atoms with van der Waals surface area (Å²) >= 11 is 7.83. The smallest absolute Gasteiger partial charge is 0.354 e. The Labute approximate surface area is 149 Å². The number of carbonyl (C=O) groups is 1. The van der Waals surface area contributed by atoms with Crippen molar-refractivity contribution in [1.82, 2.24) is 10.0 Å². The van der Waals surface area contributed by atoms with E-state index in [1.54, 1.807) is 11.1 Å². The number of halogens is 1. The van der Waals surface area contributed by atoms with Crippen molar-refractivity contribution in [3.05, 3.63) is 33.3 Å². The summed E-state index contributed by atoms with van der Waals surface area (Å²) in [6, 6.07) is 3.55. The number of carboxylic acid groups (broad SMARTS) is 1. The molecule has 2 aliphatic rings. The molecule has 8 heteroatoms. The highest BCUT2D eigenvalue weighted by molar-refractivity contribution is 8.02. The Balaban J connectivity index is 1.93. The summed E-state index contributed by atoms with van der Waals surface area (Å²) in [6.07, 6.45) is 2.83. The van der Waals surface area contributed by atoms with E-state index in [9.17, 15) is 9.90 Å². The van der Waals surface area contributed by atoms with Crippen LogP contribution >= 0.6 is 23.4 Å². The number of carboxylic acids is 1. The first-order valence-corrected chi connectivity index (χ1v) is 9.26. The maximum Gasteiger partial charge on any atom is 0.354 e. The van der Waals surface area contributed by atoms with Gasteiger partial charge in [-0.3, -0.25) is 5.01 Å². The number of aliphatic carboxylic acids is 1. The van der Waals surface area contributed by atoms with Crippen LogP contribution in [0.25, 0.3) is 0 Å². The average molecular weight is 371 g/mol. The van der Waals surface area contributed by atoms with Gasteiger partial charge in [0.05, 0.1) is 13.1 Å². The number of hydrogen-bond acceptors (Lipinski definition) is 6. The zero-order valence-electron chi connectivity index (χ0n) is 13.5. The second-order valence-electron chi connectivity index (χ2n) is 5.52. The molecule has 0 fully saturated rings. The van der Waals surface area contributed by atoms with Crippen LogP contribution in [0.2, 0.25) is 5.02 Å². The summed E-state index contributed by atoms with van der Waals surface area (Å²) in [5.74, 6) is 0.339. The number of hydrazine groups is 1. The molecular weight excluding hydrogens is 352 g/mol. The van der Waals surface area contributed by atoms with E-state index in [1.165, 1.54) is 11.8 Å². The van der Waals surface area contributed by atoms with Crippen LogP contribution in [0.4, 0.5) is 0 Å². The highest BCUT2D eigenvalue weighted by Crippen LogP contribution is 2.39. The molecule has 24 heavy (non-hydrogen) atoms. The number of ether oxygens (including phenoxy) is 2. The third kappa shape index (κ3) is 3.16. The van der Waals surface area contributed by atoms with Crippen molar-refractivity contribution in [2.24, 2.45) is 0 Å². The molecule has 3 rings (SSSR count). The molecule has 130 valence electrons. The van der Waals surface area contributed by atoms with Gasteiger partial charge in [-0.2, -0.15) is 0 Å². The first kappa shape index (κ1) is 17.3. The molecule has 0 unspecified atom stereocenters. The molecular formula is C16H19ClN2O4S. The third-order valence-corrected chi connectivity index (χ3v) is 5.15. The van der Waals surface area contributed by atoms with E-state index in [4.69, 9.17) is 21.1 Å². The van der Waals surface area contributed by atoms with E-state index in [-0.39, 0.29) is 6.79 Å². The Bertz CT molecular complexity index is 695. The lowest BCUT2D eigenvalue weighted by molar-refractivity contribution is -0.136. The van der Waals surface area contributed by atoms with E-state index < -0.39 is 5.97 Å². The van der Waals surface area contributed by atoms with Gasteiger partial charge in [0, 0.05) is 22.5 Å². The van der Waals surface area contributed by atoms with Crippen LogP contribution in [-0.2, 0) is 11.3 Å². The highest BCUT2D eigenvalue weighted by atomic mass is 35.5. The minimum absolute atomic E-state index is 0.178. The summed E-state index contributed by atoms with van der Waals surface area (Å²) in [5.41, 5.74) is 1.13. The molecule has 1 N–H and O–H groups in total. The molecule has 0 radical (unpaired) electrons. The zero-order valence-corrected chi connectivity index (χ0v) is 15.1. The molecule has 2 aliphatic heterocycles. The van der Waals surface area contributed by atoms with Crippen molar-refractivity contribution in [3.63, 3.8) is 0 Å². The normalized spacial score (nSPS) is 17.0. The van der Waals surface area contributed by atoms with Crippen molar-refractivity contribution in [2.75, 3.05) is 26.1 Å². The number of nitrogens with zero attached hydrogens (tertiary/aromatic N) is 2. The predicted octanol–water partition coefficient (Wildman–Crippen LogP) is 3.17. The lowest BCUT2D eigenvalue weighted by Gasteiger charge is -2.31. The first-order valence-electron chi connectivity index (χ1n) is 7.66. The van der Waals surface area contributed by atoms with Crippen LogP contribution in [0, 0.1) is 0 Å². The Hall–Kier alpha value is -1.57. The SMILES string of the molecule is CCCN1CC(SC)=C(C(=O)O)N1Cc1cc2c(cc1Cl)OCO2. The summed E-state index contributed by atoms with van der Waals surface area (Å²) in [6.45, 7) is 4.02. The van der Waals surface area contributed by atoms with E-state index in [1.807, 2.05) is 12.3 Å². The van der Waals surface area contributed by atoms with Gasteiger partial charge < -0.3 is 14.6 Å². The van der Waals surface area contributed by atoms with Gasteiger partial charge in [-0.05, 0) is 24.3 Å². The fourth-order valence-electron chi connectivity index (χ4n) is 2.88. The summed E-state index contributed by atoms with van der Waals surface area (Å²) < 4.78 is 10.7. The molecule has 6 nitrogen and oxygen atoms in total. The quantitative estimate of drug-likeness (QED) is 0.825. The van der Waals surface area contributed by atoms with Crippen LogP contribution in [0.3, 0.4) is 0 Å². The first-order chi connectivity index (χ1) is 11.5. The number of hydrogen-bond donors (Lipinski definition) is 1. The minimum Gasteiger partial charge on any atom is -0.477 e. The molecule has 1 aromatic carbocycles. The van der Waals surface area contributed by atoms with Gasteiger partial charge in [-0.1, -0.05) is 18.5 Å². The van der Waals surface area contributed by atoms with Crippen molar-refractivity contribution in [1.29, 1.82) is 0 Å². The molecule has 1 aromatic rings. The lowest BCUT2D eigenvalue weighted by atomic mass is 10.2. The Morgan fingerprint density at radius 1 is 1.38 bits per heavy atom. The third-order valence-electron chi connectivity index (χ3n) is 3.98. The molecule has 0 amide bonds. The van der Waals surface area contributed by atoms with E-state index in [2.05, 4.69) is 11.9 Å². The zero-order chi connectivity index (χ0) is 17.3. The van der Waals surface area contributed by atoms with E-state index in [0.29, 0.717) is 35.3 Å². The maximum absolute atomic E-state index is 11.8. The van der Waals surface area contributed by atoms with Crippen LogP contribution in [0.5, 0.6) is 11.5 Å². The molecule has 0 saturated heterocycles. The predicted molar refractivity (Wildman–Crippen MR) is 93.2 cm³/mol. The Kier molecular flexibility index (Phi) is 5.12. The van der Waals surface area contributed by atoms with Gasteiger partial charge in [0.1, 0.15) is 5.70 Å². The molecule has 0 bridgehead atoms. The fraction of sp³-hybridized carbons (Fsp3) is 0.438. The molecule has 0 saturated carbocycles. The molecule has 0 atom stereocenters. The second kappa shape index (κ2) is 7.13. The van der Waals surface area contributed by atoms with Crippen LogP contribution in [0.1, 0.15) is 18.9 Å². The van der Waals surface area contributed by atoms with Gasteiger partial charge in [-0.25, -0.2) is 9.80 Å². The van der Waals surface area contributed by atoms with Gasteiger partial charge in [0.15, 0.2) is 11.5 Å². The number of benzene rings is 1. The summed E-state index contributed by atoms with van der Waals surface area (Å²) in [4.78, 5) is 12.6. The summed E-state index contributed by atoms with van der Waals surface area (Å²) in [5, 5.41) is 14.1. The van der Waals surface area contributed by atoms with Crippen LogP contribution in [-0.4, -0.2) is 47.2 Å². The van der Waals surface area contributed by atoms with Gasteiger partial charge in [0.25, 0.3) is 0 Å². The van der Waals surface area contributed by atoms with E-state index >= 15 is 0 Å². The molecule has 0 aliphatic carbocycles. The van der Waals surface area contributed by atoms with E-state index in [0.717, 1.165) is 23.4 Å². The molecule has 2 heterocycles. The molecule has 0 aromatic heterocycles. The Morgan fingerprint density at radius 2 is 2.08 bits per heavy atom. The van der Waals surface area contributed by atoms with Crippen molar-refractivity contribution in [2.45, 2.75) is 19.9 Å². The lowest BCUT2D eigenvalue weighted by Crippen LogP contribution is -2.39. The standard InChI is InChI=1S/C16H19ClN2O4S/c1-3-4-18-8-14(24-2)15(16(20)21)19(18)7-10-5-12-13(6-11(10)17)23-9-22-12/h5-6H,3-4,7-9H2,1-2H3,(H,20,21). The molecule has 0 spiro atoms. The Morgan fingerprint density at radius 3 is 2.71 bits per heavy atom. The second-order valence-corrected chi connectivity index (χ2v) is 6.83. The van der Waals surface area contributed by atoms with Crippen molar-refractivity contribution < 1.29 is 19.4 Å². The maximum atomic E-state index is 11.8. The van der Waals surface area contributed by atoms with Gasteiger partial charge >= 0.3 is 5.97 Å². The average Bonchev–Trinajstić information content (AvgIpc) is 3.12. The van der Waals surface area contributed by atoms with Gasteiger partial charge in [-0.15, -0.1) is 11.8 Å². The van der Waals surface area contributed by atoms with Crippen molar-refractivity contribution >= 4 is 29.3 Å². The number of fused-ring (bicyclic) bond motifs is 1. The monoisotopic (exact) mass is 370 g/mol. The fourth-order valence-corrected chi connectivity index (χ4v) is 3.76. The van der Waals surface area contributed by atoms with Crippen LogP contribution < -0.4 is 9.47 Å². The highest BCUT2D eigenvalue weighted by Gasteiger charge is 2.34. The summed E-state index contributed by atoms with van der Waals surface area (Å²) in [7, 11) is 0. The van der Waals surface area contributed by atoms with Crippen LogP contribution in [0.15, 0.2) is 22.7 Å².